The van der Waals surface area contributed by atoms with Crippen LogP contribution in [-0.2, 0) is 16.4 Å². The van der Waals surface area contributed by atoms with Gasteiger partial charge in [0.05, 0.1) is 30.6 Å². The number of nitrogens with two attached hydrogens (primary N) is 1. The van der Waals surface area contributed by atoms with Crippen LogP contribution in [0.1, 0.15) is 47.9 Å². The fourth-order valence-corrected chi connectivity index (χ4v) is 4.55. The number of amides is 2. The molecule has 0 aliphatic rings. The number of anilines is 1. The van der Waals surface area contributed by atoms with Crippen LogP contribution in [0.4, 0.5) is 10.5 Å². The predicted molar refractivity (Wildman–Crippen MR) is 154 cm³/mol. The Morgan fingerprint density at radius 3 is 2.20 bits per heavy atom. The van der Waals surface area contributed by atoms with E-state index in [1.807, 2.05) is 42.8 Å². The zero-order valence-electron chi connectivity index (χ0n) is 22.7. The second-order valence-corrected chi connectivity index (χ2v) is 11.5. The molecule has 2 amide bonds. The SMILES string of the molecule is CC(C)Oc1cc(-c2ccc(CCCN(C[C@H](O)c3ccc(N)cc3)C(=O)O)cc2)ccc1C(=O)NS(C)(=O)=O. The summed E-state index contributed by atoms with van der Waals surface area (Å²) in [5.41, 5.74) is 9.61. The number of aliphatic hydroxyl groups excluding tert-OH is 1. The van der Waals surface area contributed by atoms with Crippen molar-refractivity contribution in [3.63, 3.8) is 0 Å². The number of carboxylic acid groups (broad SMARTS) is 1. The van der Waals surface area contributed by atoms with E-state index in [4.69, 9.17) is 10.5 Å². The largest absolute Gasteiger partial charge is 0.490 e. The minimum atomic E-state index is -3.73. The molecule has 0 spiro atoms. The number of nitrogens with zero attached hydrogens (tertiary/aromatic N) is 1. The fourth-order valence-electron chi connectivity index (χ4n) is 4.10. The predicted octanol–water partition coefficient (Wildman–Crippen LogP) is 4.06. The molecule has 0 heterocycles. The van der Waals surface area contributed by atoms with Gasteiger partial charge in [0.15, 0.2) is 0 Å². The minimum absolute atomic E-state index is 0.0445. The van der Waals surface area contributed by atoms with Gasteiger partial charge in [-0.3, -0.25) is 4.79 Å². The maximum absolute atomic E-state index is 12.5. The summed E-state index contributed by atoms with van der Waals surface area (Å²) in [7, 11) is -3.73. The lowest BCUT2D eigenvalue weighted by atomic mass is 10.00. The Morgan fingerprint density at radius 2 is 1.62 bits per heavy atom. The summed E-state index contributed by atoms with van der Waals surface area (Å²) in [4.78, 5) is 25.4. The Morgan fingerprint density at radius 1 is 1.00 bits per heavy atom. The molecule has 214 valence electrons. The van der Waals surface area contributed by atoms with Crippen LogP contribution >= 0.6 is 0 Å². The number of nitrogens with one attached hydrogen (secondary N) is 1. The van der Waals surface area contributed by atoms with Gasteiger partial charge >= 0.3 is 6.09 Å². The maximum atomic E-state index is 12.5. The van der Waals surface area contributed by atoms with E-state index in [1.165, 1.54) is 11.0 Å². The van der Waals surface area contributed by atoms with Gasteiger partial charge < -0.3 is 25.6 Å². The molecule has 10 nitrogen and oxygen atoms in total. The molecule has 3 aromatic carbocycles. The van der Waals surface area contributed by atoms with Gasteiger partial charge in [0, 0.05) is 12.2 Å². The lowest BCUT2D eigenvalue weighted by molar-refractivity contribution is 0.0962. The summed E-state index contributed by atoms with van der Waals surface area (Å²) in [5.74, 6) is -0.496. The minimum Gasteiger partial charge on any atom is -0.490 e. The highest BCUT2D eigenvalue weighted by Crippen LogP contribution is 2.29. The van der Waals surface area contributed by atoms with Gasteiger partial charge in [0.1, 0.15) is 5.75 Å². The van der Waals surface area contributed by atoms with Crippen molar-refractivity contribution < 1.29 is 33.0 Å². The van der Waals surface area contributed by atoms with Crippen LogP contribution in [-0.4, -0.2) is 61.0 Å². The molecule has 0 aliphatic heterocycles. The number of nitrogen functional groups attached to an aromatic ring is 1. The van der Waals surface area contributed by atoms with E-state index in [9.17, 15) is 28.2 Å². The fraction of sp³-hybridized carbons (Fsp3) is 0.310. The van der Waals surface area contributed by atoms with Crippen molar-refractivity contribution in [2.45, 2.75) is 38.9 Å². The first-order valence-corrected chi connectivity index (χ1v) is 14.6. The van der Waals surface area contributed by atoms with Gasteiger partial charge in [0.2, 0.25) is 10.0 Å². The first-order chi connectivity index (χ1) is 18.8. The van der Waals surface area contributed by atoms with E-state index >= 15 is 0 Å². The van der Waals surface area contributed by atoms with Crippen LogP contribution in [0.2, 0.25) is 0 Å². The zero-order valence-corrected chi connectivity index (χ0v) is 23.5. The first-order valence-electron chi connectivity index (χ1n) is 12.8. The Labute approximate surface area is 234 Å². The summed E-state index contributed by atoms with van der Waals surface area (Å²) >= 11 is 0. The highest BCUT2D eigenvalue weighted by atomic mass is 32.2. The molecule has 0 saturated heterocycles. The van der Waals surface area contributed by atoms with Crippen LogP contribution in [0.3, 0.4) is 0 Å². The van der Waals surface area contributed by atoms with Crippen molar-refractivity contribution in [1.82, 2.24) is 9.62 Å². The molecule has 0 radical (unpaired) electrons. The van der Waals surface area contributed by atoms with Crippen molar-refractivity contribution in [1.29, 1.82) is 0 Å². The molecule has 0 saturated carbocycles. The molecule has 0 unspecified atom stereocenters. The number of hydrogen-bond acceptors (Lipinski definition) is 7. The molecule has 0 aromatic heterocycles. The number of ether oxygens (including phenoxy) is 1. The second-order valence-electron chi connectivity index (χ2n) is 9.79. The number of aryl methyl sites for hydroxylation is 1. The average molecular weight is 570 g/mol. The third kappa shape index (κ3) is 8.99. The lowest BCUT2D eigenvalue weighted by Gasteiger charge is -2.22. The molecule has 40 heavy (non-hydrogen) atoms. The summed E-state index contributed by atoms with van der Waals surface area (Å²) in [6.07, 6.45) is -0.179. The first kappa shape index (κ1) is 30.5. The molecule has 0 bridgehead atoms. The number of benzene rings is 3. The average Bonchev–Trinajstić information content (AvgIpc) is 2.87. The second kappa shape index (κ2) is 13.3. The monoisotopic (exact) mass is 569 g/mol. The molecule has 5 N–H and O–H groups in total. The van der Waals surface area contributed by atoms with Crippen LogP contribution in [0.5, 0.6) is 5.75 Å². The quantitative estimate of drug-likeness (QED) is 0.238. The molecule has 3 aromatic rings. The summed E-state index contributed by atoms with van der Waals surface area (Å²) in [5, 5.41) is 20.0. The number of sulfonamides is 1. The Bertz CT molecular complexity index is 1420. The molecular weight excluding hydrogens is 534 g/mol. The number of rotatable bonds is 12. The van der Waals surface area contributed by atoms with Crippen LogP contribution in [0.15, 0.2) is 66.7 Å². The van der Waals surface area contributed by atoms with Crippen LogP contribution in [0.25, 0.3) is 11.1 Å². The number of carbonyl (C=O) groups excluding carboxylic acids is 1. The van der Waals surface area contributed by atoms with E-state index in [-0.39, 0.29) is 30.5 Å². The molecule has 0 fully saturated rings. The van der Waals surface area contributed by atoms with Crippen LogP contribution in [0, 0.1) is 0 Å². The van der Waals surface area contributed by atoms with E-state index in [2.05, 4.69) is 0 Å². The summed E-state index contributed by atoms with van der Waals surface area (Å²) in [6.45, 7) is 3.83. The van der Waals surface area contributed by atoms with Crippen molar-refractivity contribution in [2.24, 2.45) is 0 Å². The third-order valence-corrected chi connectivity index (χ3v) is 6.59. The van der Waals surface area contributed by atoms with Gasteiger partial charge in [-0.2, -0.15) is 0 Å². The Hall–Kier alpha value is -4.09. The van der Waals surface area contributed by atoms with Gasteiger partial charge in [-0.05, 0) is 73.2 Å². The number of carbonyl (C=O) groups is 2. The highest BCUT2D eigenvalue weighted by Gasteiger charge is 2.19. The van der Waals surface area contributed by atoms with Gasteiger partial charge in [-0.15, -0.1) is 0 Å². The maximum Gasteiger partial charge on any atom is 0.407 e. The molecule has 1 atom stereocenters. The summed E-state index contributed by atoms with van der Waals surface area (Å²) < 4.78 is 30.8. The van der Waals surface area contributed by atoms with Crippen molar-refractivity contribution in [2.75, 3.05) is 25.1 Å². The third-order valence-electron chi connectivity index (χ3n) is 6.03. The number of aliphatic hydroxyl groups is 1. The van der Waals surface area contributed by atoms with Crippen LogP contribution < -0.4 is 15.2 Å². The Balaban J connectivity index is 1.65. The zero-order chi connectivity index (χ0) is 29.4. The van der Waals surface area contributed by atoms with Gasteiger partial charge in [-0.1, -0.05) is 42.5 Å². The topological polar surface area (TPSA) is 159 Å². The molecule has 3 rings (SSSR count). The highest BCUT2D eigenvalue weighted by molar-refractivity contribution is 7.89. The lowest BCUT2D eigenvalue weighted by Crippen LogP contribution is -2.34. The smallest absolute Gasteiger partial charge is 0.407 e. The van der Waals surface area contributed by atoms with Gasteiger partial charge in [-0.25, -0.2) is 17.9 Å². The summed E-state index contributed by atoms with van der Waals surface area (Å²) in [6, 6.07) is 19.3. The number of hydrogen-bond donors (Lipinski definition) is 4. The van der Waals surface area contributed by atoms with E-state index in [0.29, 0.717) is 24.1 Å². The van der Waals surface area contributed by atoms with Crippen molar-refractivity contribution in [3.8, 4) is 16.9 Å². The normalized spacial score (nSPS) is 12.1. The van der Waals surface area contributed by atoms with E-state index in [1.54, 1.807) is 36.4 Å². The van der Waals surface area contributed by atoms with Gasteiger partial charge in [0.25, 0.3) is 5.91 Å². The Kier molecular flexibility index (Phi) is 10.1. The molecular formula is C29H35N3O7S. The molecule has 0 aliphatic carbocycles. The standard InChI is InChI=1S/C29H35N3O7S/c1-19(2)39-27-17-23(12-15-25(27)28(34)31-40(3,37)38)21-8-6-20(7-9-21)5-4-16-32(29(35)36)18-26(33)22-10-13-24(30)14-11-22/h6-15,17,19,26,33H,4-5,16,18,30H2,1-3H3,(H,31,34)(H,35,36)/t26-/m0/s1. The molecule has 11 heteroatoms. The van der Waals surface area contributed by atoms with Crippen molar-refractivity contribution in [3.05, 3.63) is 83.4 Å². The van der Waals surface area contributed by atoms with E-state index < -0.39 is 28.1 Å². The van der Waals surface area contributed by atoms with Crippen molar-refractivity contribution >= 4 is 27.7 Å². The van der Waals surface area contributed by atoms with E-state index in [0.717, 1.165) is 22.9 Å².